The van der Waals surface area contributed by atoms with Crippen LogP contribution >= 0.6 is 0 Å². The second-order valence-corrected chi connectivity index (χ2v) is 5.32. The maximum absolute atomic E-state index is 5.32. The van der Waals surface area contributed by atoms with Gasteiger partial charge < -0.3 is 10.1 Å². The number of ether oxygens (including phenoxy) is 1. The Bertz CT molecular complexity index is 179. The fourth-order valence-electron chi connectivity index (χ4n) is 2.35. The molecule has 1 aliphatic rings. The fourth-order valence-corrected chi connectivity index (χ4v) is 2.35. The third-order valence-corrected chi connectivity index (χ3v) is 3.73. The van der Waals surface area contributed by atoms with Gasteiger partial charge in [-0.3, -0.25) is 4.90 Å². The molecule has 0 amide bonds. The fraction of sp³-hybridized carbons (Fsp3) is 1.00. The Morgan fingerprint density at radius 3 is 2.71 bits per heavy atom. The molecule has 0 radical (unpaired) electrons. The first kappa shape index (κ1) is 14.9. The Kier molecular flexibility index (Phi) is 7.82. The van der Waals surface area contributed by atoms with E-state index >= 15 is 0 Å². The molecule has 17 heavy (non-hydrogen) atoms. The van der Waals surface area contributed by atoms with Crippen LogP contribution in [0.1, 0.15) is 40.0 Å². The van der Waals surface area contributed by atoms with E-state index in [1.54, 1.807) is 0 Å². The molecule has 102 valence electrons. The van der Waals surface area contributed by atoms with Crippen LogP contribution < -0.4 is 5.32 Å². The van der Waals surface area contributed by atoms with Crippen molar-refractivity contribution in [3.8, 4) is 0 Å². The van der Waals surface area contributed by atoms with Gasteiger partial charge in [-0.15, -0.1) is 0 Å². The van der Waals surface area contributed by atoms with Crippen LogP contribution in [0.4, 0.5) is 0 Å². The van der Waals surface area contributed by atoms with Gasteiger partial charge in [0.05, 0.1) is 0 Å². The van der Waals surface area contributed by atoms with Crippen LogP contribution in [-0.2, 0) is 4.74 Å². The van der Waals surface area contributed by atoms with E-state index in [1.165, 1.54) is 25.9 Å². The smallest absolute Gasteiger partial charge is 0.0477 e. The molecule has 1 unspecified atom stereocenters. The summed E-state index contributed by atoms with van der Waals surface area (Å²) in [6.07, 6.45) is 3.86. The highest BCUT2D eigenvalue weighted by molar-refractivity contribution is 4.75. The largest absolute Gasteiger partial charge is 0.382 e. The van der Waals surface area contributed by atoms with Gasteiger partial charge in [0.2, 0.25) is 0 Å². The number of hydrogen-bond acceptors (Lipinski definition) is 3. The molecule has 0 aromatic carbocycles. The summed E-state index contributed by atoms with van der Waals surface area (Å²) in [6, 6.07) is 0.676. The lowest BCUT2D eigenvalue weighted by Gasteiger charge is -2.35. The molecule has 1 aliphatic heterocycles. The van der Waals surface area contributed by atoms with Crippen molar-refractivity contribution < 1.29 is 4.74 Å². The monoisotopic (exact) mass is 242 g/mol. The number of piperidine rings is 1. The molecule has 0 aromatic rings. The highest BCUT2D eigenvalue weighted by Gasteiger charge is 2.19. The zero-order chi connectivity index (χ0) is 12.5. The number of likely N-dealkylation sites (tertiary alicyclic amines) is 1. The van der Waals surface area contributed by atoms with Crippen molar-refractivity contribution in [2.75, 3.05) is 39.4 Å². The molecule has 3 heteroatoms. The van der Waals surface area contributed by atoms with Gasteiger partial charge in [-0.1, -0.05) is 6.92 Å². The van der Waals surface area contributed by atoms with E-state index in [9.17, 15) is 0 Å². The van der Waals surface area contributed by atoms with Crippen LogP contribution in [-0.4, -0.2) is 50.3 Å². The van der Waals surface area contributed by atoms with E-state index in [-0.39, 0.29) is 0 Å². The SMILES string of the molecule is CCOCCCNCC(C)N1CCC(C)CC1. The lowest BCUT2D eigenvalue weighted by Crippen LogP contribution is -2.44. The summed E-state index contributed by atoms with van der Waals surface area (Å²) in [7, 11) is 0. The Balaban J connectivity index is 1.99. The summed E-state index contributed by atoms with van der Waals surface area (Å²) in [5.74, 6) is 0.928. The van der Waals surface area contributed by atoms with E-state index in [0.717, 1.165) is 38.6 Å². The summed E-state index contributed by atoms with van der Waals surface area (Å²) < 4.78 is 5.32. The third-order valence-electron chi connectivity index (χ3n) is 3.73. The number of nitrogens with one attached hydrogen (secondary N) is 1. The standard InChI is InChI=1S/C14H30N2O/c1-4-17-11-5-8-15-12-14(3)16-9-6-13(2)7-10-16/h13-15H,4-12H2,1-3H3. The summed E-state index contributed by atoms with van der Waals surface area (Å²) in [5.41, 5.74) is 0. The molecule has 1 fully saturated rings. The van der Waals surface area contributed by atoms with Gasteiger partial charge in [-0.2, -0.15) is 0 Å². The van der Waals surface area contributed by atoms with Crippen molar-refractivity contribution in [2.45, 2.75) is 46.1 Å². The van der Waals surface area contributed by atoms with Crippen LogP contribution in [0.5, 0.6) is 0 Å². The molecule has 1 N–H and O–H groups in total. The molecule has 0 saturated carbocycles. The zero-order valence-corrected chi connectivity index (χ0v) is 11.9. The van der Waals surface area contributed by atoms with Crippen LogP contribution in [0.2, 0.25) is 0 Å². The average molecular weight is 242 g/mol. The van der Waals surface area contributed by atoms with Gasteiger partial charge in [-0.25, -0.2) is 0 Å². The van der Waals surface area contributed by atoms with Crippen LogP contribution in [0.3, 0.4) is 0 Å². The minimum Gasteiger partial charge on any atom is -0.382 e. The molecule has 0 aromatic heterocycles. The van der Waals surface area contributed by atoms with Crippen molar-refractivity contribution in [1.29, 1.82) is 0 Å². The van der Waals surface area contributed by atoms with E-state index in [4.69, 9.17) is 4.74 Å². The van der Waals surface area contributed by atoms with Crippen molar-refractivity contribution in [3.63, 3.8) is 0 Å². The second-order valence-electron chi connectivity index (χ2n) is 5.32. The molecule has 1 heterocycles. The lowest BCUT2D eigenvalue weighted by molar-refractivity contribution is 0.136. The molecule has 0 aliphatic carbocycles. The van der Waals surface area contributed by atoms with E-state index in [1.807, 2.05) is 6.92 Å². The van der Waals surface area contributed by atoms with Gasteiger partial charge in [-0.05, 0) is 58.7 Å². The van der Waals surface area contributed by atoms with Crippen molar-refractivity contribution >= 4 is 0 Å². The van der Waals surface area contributed by atoms with Crippen LogP contribution in [0.25, 0.3) is 0 Å². The number of hydrogen-bond donors (Lipinski definition) is 1. The Morgan fingerprint density at radius 2 is 2.06 bits per heavy atom. The Hall–Kier alpha value is -0.120. The Morgan fingerprint density at radius 1 is 1.35 bits per heavy atom. The van der Waals surface area contributed by atoms with Gasteiger partial charge in [0, 0.05) is 25.8 Å². The molecule has 1 rings (SSSR count). The minimum atomic E-state index is 0.676. The first-order chi connectivity index (χ1) is 8.24. The van der Waals surface area contributed by atoms with Gasteiger partial charge in [0.25, 0.3) is 0 Å². The maximum atomic E-state index is 5.32. The third kappa shape index (κ3) is 6.39. The minimum absolute atomic E-state index is 0.676. The molecule has 0 bridgehead atoms. The molecular weight excluding hydrogens is 212 g/mol. The summed E-state index contributed by atoms with van der Waals surface area (Å²) in [6.45, 7) is 13.2. The topological polar surface area (TPSA) is 24.5 Å². The summed E-state index contributed by atoms with van der Waals surface area (Å²) in [5, 5.41) is 3.53. The predicted molar refractivity (Wildman–Crippen MR) is 73.4 cm³/mol. The summed E-state index contributed by atoms with van der Waals surface area (Å²) >= 11 is 0. The molecule has 3 nitrogen and oxygen atoms in total. The summed E-state index contributed by atoms with van der Waals surface area (Å²) in [4.78, 5) is 2.62. The molecule has 0 spiro atoms. The predicted octanol–water partition coefficient (Wildman–Crippen LogP) is 2.12. The highest BCUT2D eigenvalue weighted by atomic mass is 16.5. The normalized spacial score (nSPS) is 20.6. The van der Waals surface area contributed by atoms with Crippen molar-refractivity contribution in [1.82, 2.24) is 10.2 Å². The first-order valence-corrected chi connectivity index (χ1v) is 7.26. The zero-order valence-electron chi connectivity index (χ0n) is 11.9. The molecular formula is C14H30N2O. The number of rotatable bonds is 8. The van der Waals surface area contributed by atoms with Crippen LogP contribution in [0.15, 0.2) is 0 Å². The van der Waals surface area contributed by atoms with E-state index in [0.29, 0.717) is 6.04 Å². The highest BCUT2D eigenvalue weighted by Crippen LogP contribution is 2.17. The first-order valence-electron chi connectivity index (χ1n) is 7.26. The maximum Gasteiger partial charge on any atom is 0.0477 e. The molecule has 1 saturated heterocycles. The number of nitrogens with zero attached hydrogens (tertiary/aromatic N) is 1. The Labute approximate surface area is 107 Å². The quantitative estimate of drug-likeness (QED) is 0.660. The van der Waals surface area contributed by atoms with Crippen molar-refractivity contribution in [3.05, 3.63) is 0 Å². The molecule has 1 atom stereocenters. The van der Waals surface area contributed by atoms with Gasteiger partial charge in [0.15, 0.2) is 0 Å². The van der Waals surface area contributed by atoms with Crippen LogP contribution in [0, 0.1) is 5.92 Å². The lowest BCUT2D eigenvalue weighted by atomic mass is 9.98. The van der Waals surface area contributed by atoms with Crippen molar-refractivity contribution in [2.24, 2.45) is 5.92 Å². The average Bonchev–Trinajstić information content (AvgIpc) is 2.34. The van der Waals surface area contributed by atoms with Gasteiger partial charge >= 0.3 is 0 Å². The van der Waals surface area contributed by atoms with E-state index in [2.05, 4.69) is 24.1 Å². The second kappa shape index (κ2) is 8.90. The van der Waals surface area contributed by atoms with Gasteiger partial charge in [0.1, 0.15) is 0 Å². The van der Waals surface area contributed by atoms with E-state index < -0.39 is 0 Å².